The predicted octanol–water partition coefficient (Wildman–Crippen LogP) is -0.0643. The summed E-state index contributed by atoms with van der Waals surface area (Å²) in [7, 11) is 0. The van der Waals surface area contributed by atoms with E-state index in [-0.39, 0.29) is 11.9 Å². The van der Waals surface area contributed by atoms with Crippen molar-refractivity contribution in [3.8, 4) is 0 Å². The van der Waals surface area contributed by atoms with Crippen molar-refractivity contribution in [2.75, 3.05) is 26.2 Å². The summed E-state index contributed by atoms with van der Waals surface area (Å²) in [5, 5.41) is 2.86. The van der Waals surface area contributed by atoms with Gasteiger partial charge in [0.05, 0.1) is 6.04 Å². The number of nitrogens with one attached hydrogen (secondary N) is 1. The zero-order chi connectivity index (χ0) is 10.4. The number of carbonyl (C=O) groups excluding carboxylic acids is 1. The Labute approximate surface area is 85.8 Å². The lowest BCUT2D eigenvalue weighted by molar-refractivity contribution is -0.128. The number of piperazine rings is 1. The third-order valence-electron chi connectivity index (χ3n) is 2.77. The van der Waals surface area contributed by atoms with Crippen LogP contribution in [0.25, 0.3) is 0 Å². The van der Waals surface area contributed by atoms with Crippen LogP contribution in [-0.2, 0) is 4.79 Å². The second kappa shape index (κ2) is 5.98. The van der Waals surface area contributed by atoms with Crippen molar-refractivity contribution in [1.29, 1.82) is 0 Å². The Morgan fingerprint density at radius 2 is 2.29 bits per heavy atom. The molecule has 1 aliphatic rings. The number of hydrogen-bond acceptors (Lipinski definition) is 3. The van der Waals surface area contributed by atoms with E-state index >= 15 is 0 Å². The second-order valence-electron chi connectivity index (χ2n) is 3.85. The van der Waals surface area contributed by atoms with Gasteiger partial charge >= 0.3 is 0 Å². The lowest BCUT2D eigenvalue weighted by Crippen LogP contribution is -2.53. The van der Waals surface area contributed by atoms with Gasteiger partial charge in [-0.2, -0.15) is 0 Å². The van der Waals surface area contributed by atoms with Crippen molar-refractivity contribution in [1.82, 2.24) is 10.2 Å². The van der Waals surface area contributed by atoms with Crippen molar-refractivity contribution in [2.45, 2.75) is 32.2 Å². The number of rotatable bonds is 5. The van der Waals surface area contributed by atoms with Crippen molar-refractivity contribution in [2.24, 2.45) is 5.73 Å². The first-order valence-corrected chi connectivity index (χ1v) is 5.47. The highest BCUT2D eigenvalue weighted by atomic mass is 16.2. The van der Waals surface area contributed by atoms with Gasteiger partial charge in [-0.05, 0) is 32.9 Å². The normalized spacial score (nSPS) is 23.6. The van der Waals surface area contributed by atoms with Gasteiger partial charge in [-0.1, -0.05) is 6.42 Å². The quantitative estimate of drug-likeness (QED) is 0.610. The van der Waals surface area contributed by atoms with Crippen molar-refractivity contribution >= 4 is 5.91 Å². The summed E-state index contributed by atoms with van der Waals surface area (Å²) in [4.78, 5) is 13.6. The molecule has 1 heterocycles. The van der Waals surface area contributed by atoms with E-state index in [1.807, 2.05) is 6.92 Å². The summed E-state index contributed by atoms with van der Waals surface area (Å²) in [5.41, 5.74) is 5.42. The number of unbranched alkanes of at least 4 members (excludes halogenated alkanes) is 2. The Morgan fingerprint density at radius 3 is 3.00 bits per heavy atom. The molecule has 4 heteroatoms. The van der Waals surface area contributed by atoms with E-state index in [9.17, 15) is 4.79 Å². The number of nitrogens with zero attached hydrogens (tertiary/aromatic N) is 1. The summed E-state index contributed by atoms with van der Waals surface area (Å²) in [5.74, 6) is 0.162. The lowest BCUT2D eigenvalue weighted by Gasteiger charge is -2.32. The molecule has 1 amide bonds. The van der Waals surface area contributed by atoms with Crippen LogP contribution in [0.1, 0.15) is 26.2 Å². The van der Waals surface area contributed by atoms with Crippen LogP contribution in [0.5, 0.6) is 0 Å². The molecule has 14 heavy (non-hydrogen) atoms. The molecule has 1 unspecified atom stereocenters. The molecule has 0 bridgehead atoms. The number of carbonyl (C=O) groups is 1. The molecule has 1 saturated heterocycles. The van der Waals surface area contributed by atoms with E-state index in [1.54, 1.807) is 0 Å². The largest absolute Gasteiger partial charge is 0.353 e. The summed E-state index contributed by atoms with van der Waals surface area (Å²) < 4.78 is 0. The summed E-state index contributed by atoms with van der Waals surface area (Å²) in [6.07, 6.45) is 3.41. The molecule has 0 spiro atoms. The average molecular weight is 199 g/mol. The van der Waals surface area contributed by atoms with Gasteiger partial charge in [0.25, 0.3) is 0 Å². The van der Waals surface area contributed by atoms with Crippen molar-refractivity contribution in [3.05, 3.63) is 0 Å². The summed E-state index contributed by atoms with van der Waals surface area (Å²) in [6.45, 7) is 5.54. The SMILES string of the molecule is CC1C(=O)NCCN1CCCCCN. The van der Waals surface area contributed by atoms with Gasteiger partial charge in [0.15, 0.2) is 0 Å². The van der Waals surface area contributed by atoms with E-state index in [1.165, 1.54) is 6.42 Å². The molecule has 0 aromatic rings. The smallest absolute Gasteiger partial charge is 0.237 e. The highest BCUT2D eigenvalue weighted by Crippen LogP contribution is 2.06. The Balaban J connectivity index is 2.19. The fraction of sp³-hybridized carbons (Fsp3) is 0.900. The predicted molar refractivity (Wildman–Crippen MR) is 57.0 cm³/mol. The fourth-order valence-corrected chi connectivity index (χ4v) is 1.77. The maximum atomic E-state index is 11.3. The average Bonchev–Trinajstić information content (AvgIpc) is 2.19. The maximum absolute atomic E-state index is 11.3. The molecular formula is C10H21N3O. The highest BCUT2D eigenvalue weighted by Gasteiger charge is 2.24. The Morgan fingerprint density at radius 1 is 1.50 bits per heavy atom. The third kappa shape index (κ3) is 3.27. The zero-order valence-electron chi connectivity index (χ0n) is 8.96. The molecule has 0 aromatic carbocycles. The minimum atomic E-state index is 0.0432. The monoisotopic (exact) mass is 199 g/mol. The molecular weight excluding hydrogens is 178 g/mol. The van der Waals surface area contributed by atoms with Crippen LogP contribution in [0.4, 0.5) is 0 Å². The first kappa shape index (κ1) is 11.5. The van der Waals surface area contributed by atoms with Crippen molar-refractivity contribution in [3.63, 3.8) is 0 Å². The van der Waals surface area contributed by atoms with E-state index in [0.717, 1.165) is 39.0 Å². The number of hydrogen-bond donors (Lipinski definition) is 2. The fourth-order valence-electron chi connectivity index (χ4n) is 1.77. The van der Waals surface area contributed by atoms with Crippen LogP contribution in [0, 0.1) is 0 Å². The van der Waals surface area contributed by atoms with Gasteiger partial charge in [0.2, 0.25) is 5.91 Å². The molecule has 0 aliphatic carbocycles. The van der Waals surface area contributed by atoms with Crippen molar-refractivity contribution < 1.29 is 4.79 Å². The molecule has 0 aromatic heterocycles. The zero-order valence-corrected chi connectivity index (χ0v) is 8.96. The lowest BCUT2D eigenvalue weighted by atomic mass is 10.1. The standard InChI is InChI=1S/C10H21N3O/c1-9-10(14)12-6-8-13(9)7-4-2-3-5-11/h9H,2-8,11H2,1H3,(H,12,14). The van der Waals surface area contributed by atoms with Crippen LogP contribution in [0.3, 0.4) is 0 Å². The molecule has 1 atom stereocenters. The van der Waals surface area contributed by atoms with Crippen LogP contribution in [0.15, 0.2) is 0 Å². The third-order valence-corrected chi connectivity index (χ3v) is 2.77. The van der Waals surface area contributed by atoms with Gasteiger partial charge in [0.1, 0.15) is 0 Å². The minimum absolute atomic E-state index is 0.0432. The molecule has 1 aliphatic heterocycles. The van der Waals surface area contributed by atoms with E-state index in [4.69, 9.17) is 5.73 Å². The van der Waals surface area contributed by atoms with Crippen LogP contribution in [0.2, 0.25) is 0 Å². The Bertz CT molecular complexity index is 184. The molecule has 1 rings (SSSR count). The van der Waals surface area contributed by atoms with Gasteiger partial charge in [-0.15, -0.1) is 0 Å². The minimum Gasteiger partial charge on any atom is -0.353 e. The highest BCUT2D eigenvalue weighted by molar-refractivity contribution is 5.81. The van der Waals surface area contributed by atoms with Crippen LogP contribution < -0.4 is 11.1 Å². The molecule has 1 fully saturated rings. The van der Waals surface area contributed by atoms with Crippen LogP contribution >= 0.6 is 0 Å². The Kier molecular flexibility index (Phi) is 4.90. The van der Waals surface area contributed by atoms with Gasteiger partial charge in [-0.25, -0.2) is 0 Å². The van der Waals surface area contributed by atoms with Gasteiger partial charge in [0, 0.05) is 13.1 Å². The Hall–Kier alpha value is -0.610. The van der Waals surface area contributed by atoms with Crippen LogP contribution in [-0.4, -0.2) is 43.0 Å². The molecule has 3 N–H and O–H groups in total. The number of amides is 1. The van der Waals surface area contributed by atoms with Gasteiger partial charge in [-0.3, -0.25) is 9.69 Å². The van der Waals surface area contributed by atoms with E-state index in [0.29, 0.717) is 0 Å². The van der Waals surface area contributed by atoms with E-state index in [2.05, 4.69) is 10.2 Å². The topological polar surface area (TPSA) is 58.4 Å². The van der Waals surface area contributed by atoms with Gasteiger partial charge < -0.3 is 11.1 Å². The first-order valence-electron chi connectivity index (χ1n) is 5.47. The molecule has 82 valence electrons. The molecule has 4 nitrogen and oxygen atoms in total. The van der Waals surface area contributed by atoms with E-state index < -0.39 is 0 Å². The first-order chi connectivity index (χ1) is 6.75. The summed E-state index contributed by atoms with van der Waals surface area (Å²) in [6, 6.07) is 0.0432. The molecule has 0 saturated carbocycles. The second-order valence-corrected chi connectivity index (χ2v) is 3.85. The molecule has 0 radical (unpaired) electrons. The summed E-state index contributed by atoms with van der Waals surface area (Å²) >= 11 is 0. The number of nitrogens with two attached hydrogens (primary N) is 1. The maximum Gasteiger partial charge on any atom is 0.237 e.